The van der Waals surface area contributed by atoms with E-state index in [2.05, 4.69) is 4.90 Å². The van der Waals surface area contributed by atoms with Crippen LogP contribution in [0.2, 0.25) is 0 Å². The number of piperidine rings is 2. The lowest BCUT2D eigenvalue weighted by Crippen LogP contribution is -2.43. The molecule has 2 rings (SSSR count). The largest absolute Gasteiger partial charge is 0.453 e. The van der Waals surface area contributed by atoms with Crippen LogP contribution < -0.4 is 5.73 Å². The molecule has 0 aromatic heterocycles. The first kappa shape index (κ1) is 14.6. The number of amides is 1. The van der Waals surface area contributed by atoms with Gasteiger partial charge in [0.05, 0.1) is 7.11 Å². The van der Waals surface area contributed by atoms with Crippen LogP contribution in [-0.2, 0) is 4.74 Å². The molecule has 0 aromatic carbocycles. The van der Waals surface area contributed by atoms with Crippen molar-refractivity contribution in [2.75, 3.05) is 46.4 Å². The monoisotopic (exact) mass is 269 g/mol. The number of likely N-dealkylation sites (tertiary alicyclic amines) is 2. The molecular weight excluding hydrogens is 242 g/mol. The fourth-order valence-corrected chi connectivity index (χ4v) is 3.20. The van der Waals surface area contributed by atoms with Gasteiger partial charge in [0.1, 0.15) is 0 Å². The maximum Gasteiger partial charge on any atom is 0.409 e. The molecule has 110 valence electrons. The minimum atomic E-state index is -0.179. The van der Waals surface area contributed by atoms with Crippen LogP contribution >= 0.6 is 0 Å². The minimum Gasteiger partial charge on any atom is -0.453 e. The standard InChI is InChI=1S/C14H27N3O2/c1-19-14(18)17-8-4-13(5-9-17)11-16-6-2-12(10-15)3-7-16/h12-13H,2-11,15H2,1H3. The van der Waals surface area contributed by atoms with Gasteiger partial charge in [-0.3, -0.25) is 0 Å². The Morgan fingerprint density at radius 2 is 1.68 bits per heavy atom. The van der Waals surface area contributed by atoms with E-state index >= 15 is 0 Å². The summed E-state index contributed by atoms with van der Waals surface area (Å²) in [5.74, 6) is 1.47. The smallest absolute Gasteiger partial charge is 0.409 e. The first-order valence-corrected chi connectivity index (χ1v) is 7.48. The van der Waals surface area contributed by atoms with E-state index in [0.29, 0.717) is 0 Å². The van der Waals surface area contributed by atoms with Gasteiger partial charge in [0.2, 0.25) is 0 Å². The van der Waals surface area contributed by atoms with Gasteiger partial charge in [-0.05, 0) is 57.2 Å². The third-order valence-corrected chi connectivity index (χ3v) is 4.60. The molecule has 2 fully saturated rings. The quantitative estimate of drug-likeness (QED) is 0.834. The van der Waals surface area contributed by atoms with E-state index in [0.717, 1.165) is 44.3 Å². The SMILES string of the molecule is COC(=O)N1CCC(CN2CCC(CN)CC2)CC1. The molecule has 2 N–H and O–H groups in total. The first-order valence-electron chi connectivity index (χ1n) is 7.48. The summed E-state index contributed by atoms with van der Waals surface area (Å²) in [7, 11) is 1.45. The molecule has 5 heteroatoms. The number of nitrogens with two attached hydrogens (primary N) is 1. The Morgan fingerprint density at radius 1 is 1.11 bits per heavy atom. The van der Waals surface area contributed by atoms with Crippen LogP contribution in [0.1, 0.15) is 25.7 Å². The van der Waals surface area contributed by atoms with Gasteiger partial charge in [-0.25, -0.2) is 4.79 Å². The second-order valence-corrected chi connectivity index (χ2v) is 5.88. The summed E-state index contributed by atoms with van der Waals surface area (Å²) in [4.78, 5) is 15.8. The molecule has 1 amide bonds. The number of carbonyl (C=O) groups excluding carboxylic acids is 1. The normalized spacial score (nSPS) is 23.6. The summed E-state index contributed by atoms with van der Waals surface area (Å²) in [5, 5.41) is 0. The number of methoxy groups -OCH3 is 1. The van der Waals surface area contributed by atoms with Crippen molar-refractivity contribution >= 4 is 6.09 Å². The Labute approximate surface area is 116 Å². The van der Waals surface area contributed by atoms with Gasteiger partial charge < -0.3 is 20.3 Å². The fraction of sp³-hybridized carbons (Fsp3) is 0.929. The second-order valence-electron chi connectivity index (χ2n) is 5.88. The highest BCUT2D eigenvalue weighted by Gasteiger charge is 2.26. The van der Waals surface area contributed by atoms with Gasteiger partial charge in [-0.1, -0.05) is 0 Å². The molecular formula is C14H27N3O2. The summed E-state index contributed by atoms with van der Waals surface area (Å²) in [6, 6.07) is 0. The molecule has 0 aliphatic carbocycles. The first-order chi connectivity index (χ1) is 9.22. The Kier molecular flexibility index (Phi) is 5.45. The molecule has 0 spiro atoms. The third-order valence-electron chi connectivity index (χ3n) is 4.60. The molecule has 5 nitrogen and oxygen atoms in total. The van der Waals surface area contributed by atoms with Crippen LogP contribution in [0.5, 0.6) is 0 Å². The highest BCUT2D eigenvalue weighted by Crippen LogP contribution is 2.22. The zero-order valence-corrected chi connectivity index (χ0v) is 12.0. The lowest BCUT2D eigenvalue weighted by Gasteiger charge is -2.37. The van der Waals surface area contributed by atoms with Crippen LogP contribution in [-0.4, -0.2) is 62.3 Å². The molecule has 2 heterocycles. The fourth-order valence-electron chi connectivity index (χ4n) is 3.20. The van der Waals surface area contributed by atoms with Crippen LogP contribution in [0, 0.1) is 11.8 Å². The lowest BCUT2D eigenvalue weighted by molar-refractivity contribution is 0.0919. The summed E-state index contributed by atoms with van der Waals surface area (Å²) in [6.07, 6.45) is 4.52. The van der Waals surface area contributed by atoms with E-state index in [1.165, 1.54) is 39.6 Å². The summed E-state index contributed by atoms with van der Waals surface area (Å²) in [6.45, 7) is 6.10. The molecule has 0 aromatic rings. The molecule has 0 unspecified atom stereocenters. The number of nitrogens with zero attached hydrogens (tertiary/aromatic N) is 2. The van der Waals surface area contributed by atoms with Crippen molar-refractivity contribution in [3.63, 3.8) is 0 Å². The molecule has 0 bridgehead atoms. The summed E-state index contributed by atoms with van der Waals surface area (Å²) < 4.78 is 4.76. The average Bonchev–Trinajstić information content (AvgIpc) is 2.48. The molecule has 2 saturated heterocycles. The van der Waals surface area contributed by atoms with Crippen LogP contribution in [0.3, 0.4) is 0 Å². The molecule has 19 heavy (non-hydrogen) atoms. The van der Waals surface area contributed by atoms with E-state index in [4.69, 9.17) is 10.5 Å². The zero-order valence-electron chi connectivity index (χ0n) is 12.0. The van der Waals surface area contributed by atoms with Gasteiger partial charge in [0.15, 0.2) is 0 Å². The Hall–Kier alpha value is -0.810. The minimum absolute atomic E-state index is 0.179. The van der Waals surface area contributed by atoms with Crippen LogP contribution in [0.25, 0.3) is 0 Å². The predicted molar refractivity (Wildman–Crippen MR) is 74.9 cm³/mol. The Balaban J connectivity index is 1.67. The van der Waals surface area contributed by atoms with Gasteiger partial charge in [0, 0.05) is 19.6 Å². The van der Waals surface area contributed by atoms with Gasteiger partial charge in [0.25, 0.3) is 0 Å². The van der Waals surface area contributed by atoms with E-state index in [-0.39, 0.29) is 6.09 Å². The van der Waals surface area contributed by atoms with Crippen molar-refractivity contribution in [3.05, 3.63) is 0 Å². The van der Waals surface area contributed by atoms with E-state index in [9.17, 15) is 4.79 Å². The van der Waals surface area contributed by atoms with Gasteiger partial charge in [-0.2, -0.15) is 0 Å². The lowest BCUT2D eigenvalue weighted by atomic mass is 9.93. The summed E-state index contributed by atoms with van der Waals surface area (Å²) >= 11 is 0. The number of ether oxygens (including phenoxy) is 1. The van der Waals surface area contributed by atoms with Crippen LogP contribution in [0.15, 0.2) is 0 Å². The van der Waals surface area contributed by atoms with Crippen molar-refractivity contribution in [1.82, 2.24) is 9.80 Å². The number of hydrogen-bond donors (Lipinski definition) is 1. The molecule has 2 aliphatic heterocycles. The van der Waals surface area contributed by atoms with Crippen molar-refractivity contribution in [1.29, 1.82) is 0 Å². The maximum absolute atomic E-state index is 11.4. The Bertz CT molecular complexity index is 282. The number of rotatable bonds is 3. The predicted octanol–water partition coefficient (Wildman–Crippen LogP) is 1.14. The molecule has 2 aliphatic rings. The number of carbonyl (C=O) groups is 1. The molecule has 0 atom stereocenters. The maximum atomic E-state index is 11.4. The van der Waals surface area contributed by atoms with Crippen molar-refractivity contribution in [3.8, 4) is 0 Å². The highest BCUT2D eigenvalue weighted by molar-refractivity contribution is 5.67. The second kappa shape index (κ2) is 7.10. The molecule has 0 radical (unpaired) electrons. The van der Waals surface area contributed by atoms with E-state index < -0.39 is 0 Å². The van der Waals surface area contributed by atoms with E-state index in [1.54, 1.807) is 0 Å². The zero-order chi connectivity index (χ0) is 13.7. The average molecular weight is 269 g/mol. The molecule has 0 saturated carbocycles. The van der Waals surface area contributed by atoms with Crippen molar-refractivity contribution in [2.24, 2.45) is 17.6 Å². The Morgan fingerprint density at radius 3 is 2.21 bits per heavy atom. The third kappa shape index (κ3) is 4.08. The highest BCUT2D eigenvalue weighted by atomic mass is 16.5. The van der Waals surface area contributed by atoms with Gasteiger partial charge in [-0.15, -0.1) is 0 Å². The summed E-state index contributed by atoms with van der Waals surface area (Å²) in [5.41, 5.74) is 5.72. The van der Waals surface area contributed by atoms with Crippen LogP contribution in [0.4, 0.5) is 4.79 Å². The van der Waals surface area contributed by atoms with E-state index in [1.807, 2.05) is 4.90 Å². The number of hydrogen-bond acceptors (Lipinski definition) is 4. The van der Waals surface area contributed by atoms with Crippen molar-refractivity contribution in [2.45, 2.75) is 25.7 Å². The van der Waals surface area contributed by atoms with Crippen molar-refractivity contribution < 1.29 is 9.53 Å². The topological polar surface area (TPSA) is 58.8 Å². The van der Waals surface area contributed by atoms with Gasteiger partial charge >= 0.3 is 6.09 Å².